The molecule has 1 aromatic heterocycles. The van der Waals surface area contributed by atoms with E-state index in [0.29, 0.717) is 23.2 Å². The molecule has 0 radical (unpaired) electrons. The van der Waals surface area contributed by atoms with E-state index in [1.54, 1.807) is 12.3 Å². The van der Waals surface area contributed by atoms with E-state index in [4.69, 9.17) is 11.6 Å². The van der Waals surface area contributed by atoms with E-state index in [1.807, 2.05) is 0 Å². The molecule has 0 aliphatic carbocycles. The topological polar surface area (TPSA) is 48.1 Å². The molecule has 1 amide bonds. The molecule has 0 spiro atoms. The van der Waals surface area contributed by atoms with Gasteiger partial charge in [0.15, 0.2) is 0 Å². The molecule has 1 aliphatic heterocycles. The number of rotatable bonds is 5. The van der Waals surface area contributed by atoms with E-state index in [9.17, 15) is 4.79 Å². The SMILES string of the molecule is O=C(NCCN1CCC[C@@H](c2ccccc2)C1)c1cc(Cl)c[nH]1. The number of carbonyl (C=O) groups is 1. The van der Waals surface area contributed by atoms with Gasteiger partial charge in [-0.05, 0) is 36.9 Å². The van der Waals surface area contributed by atoms with Crippen LogP contribution in [-0.2, 0) is 0 Å². The molecule has 5 heteroatoms. The number of aromatic nitrogens is 1. The van der Waals surface area contributed by atoms with Crippen LogP contribution in [0.25, 0.3) is 0 Å². The summed E-state index contributed by atoms with van der Waals surface area (Å²) in [5.41, 5.74) is 1.93. The van der Waals surface area contributed by atoms with Crippen LogP contribution in [0.5, 0.6) is 0 Å². The number of nitrogens with zero attached hydrogens (tertiary/aromatic N) is 1. The van der Waals surface area contributed by atoms with Crippen LogP contribution >= 0.6 is 11.6 Å². The first-order valence-electron chi connectivity index (χ1n) is 8.12. The largest absolute Gasteiger partial charge is 0.356 e. The molecule has 0 saturated carbocycles. The van der Waals surface area contributed by atoms with Crippen molar-refractivity contribution >= 4 is 17.5 Å². The monoisotopic (exact) mass is 331 g/mol. The number of hydrogen-bond acceptors (Lipinski definition) is 2. The van der Waals surface area contributed by atoms with E-state index in [-0.39, 0.29) is 5.91 Å². The van der Waals surface area contributed by atoms with Crippen LogP contribution in [-0.4, -0.2) is 42.0 Å². The lowest BCUT2D eigenvalue weighted by Crippen LogP contribution is -2.40. The zero-order chi connectivity index (χ0) is 16.1. The third-order valence-corrected chi connectivity index (χ3v) is 4.60. The summed E-state index contributed by atoms with van der Waals surface area (Å²) in [4.78, 5) is 17.3. The van der Waals surface area contributed by atoms with Crippen LogP contribution in [0.15, 0.2) is 42.6 Å². The van der Waals surface area contributed by atoms with Gasteiger partial charge in [-0.3, -0.25) is 4.79 Å². The number of amides is 1. The smallest absolute Gasteiger partial charge is 0.267 e. The molecule has 4 nitrogen and oxygen atoms in total. The minimum atomic E-state index is -0.103. The predicted molar refractivity (Wildman–Crippen MR) is 93.0 cm³/mol. The Morgan fingerprint density at radius 1 is 1.35 bits per heavy atom. The number of benzene rings is 1. The molecular formula is C18H22ClN3O. The van der Waals surface area contributed by atoms with Crippen LogP contribution in [0.2, 0.25) is 5.02 Å². The number of hydrogen-bond donors (Lipinski definition) is 2. The average molecular weight is 332 g/mol. The third-order valence-electron chi connectivity index (χ3n) is 4.38. The molecule has 0 unspecified atom stereocenters. The van der Waals surface area contributed by atoms with Gasteiger partial charge < -0.3 is 15.2 Å². The molecule has 1 aromatic carbocycles. The van der Waals surface area contributed by atoms with Crippen molar-refractivity contribution in [3.63, 3.8) is 0 Å². The molecule has 2 heterocycles. The van der Waals surface area contributed by atoms with Crippen molar-refractivity contribution in [2.75, 3.05) is 26.2 Å². The Kier molecular flexibility index (Phi) is 5.36. The van der Waals surface area contributed by atoms with Gasteiger partial charge in [0.2, 0.25) is 0 Å². The number of piperidine rings is 1. The Bertz CT molecular complexity index is 641. The summed E-state index contributed by atoms with van der Waals surface area (Å²) in [6.07, 6.45) is 4.07. The number of nitrogens with one attached hydrogen (secondary N) is 2. The van der Waals surface area contributed by atoms with Crippen molar-refractivity contribution in [1.29, 1.82) is 0 Å². The van der Waals surface area contributed by atoms with Gasteiger partial charge in [0.1, 0.15) is 5.69 Å². The number of halogens is 1. The first-order valence-corrected chi connectivity index (χ1v) is 8.49. The molecule has 0 bridgehead atoms. The van der Waals surface area contributed by atoms with Gasteiger partial charge in [-0.25, -0.2) is 0 Å². The fraction of sp³-hybridized carbons (Fsp3) is 0.389. The van der Waals surface area contributed by atoms with E-state index >= 15 is 0 Å². The zero-order valence-electron chi connectivity index (χ0n) is 13.1. The lowest BCUT2D eigenvalue weighted by molar-refractivity contribution is 0.0941. The van der Waals surface area contributed by atoms with Gasteiger partial charge in [-0.2, -0.15) is 0 Å². The minimum Gasteiger partial charge on any atom is -0.356 e. The Morgan fingerprint density at radius 3 is 2.91 bits per heavy atom. The maximum atomic E-state index is 12.0. The Hall–Kier alpha value is -1.78. The summed E-state index contributed by atoms with van der Waals surface area (Å²) in [5.74, 6) is 0.497. The van der Waals surface area contributed by atoms with Crippen molar-refractivity contribution in [2.24, 2.45) is 0 Å². The highest BCUT2D eigenvalue weighted by Gasteiger charge is 2.20. The van der Waals surface area contributed by atoms with Crippen molar-refractivity contribution in [3.8, 4) is 0 Å². The Balaban J connectivity index is 1.46. The Labute approximate surface area is 141 Å². The lowest BCUT2D eigenvalue weighted by atomic mass is 9.91. The quantitative estimate of drug-likeness (QED) is 0.883. The third kappa shape index (κ3) is 4.36. The fourth-order valence-corrected chi connectivity index (χ4v) is 3.34. The van der Waals surface area contributed by atoms with Gasteiger partial charge in [0, 0.05) is 25.8 Å². The van der Waals surface area contributed by atoms with Gasteiger partial charge in [0.25, 0.3) is 5.91 Å². The van der Waals surface area contributed by atoms with Crippen molar-refractivity contribution in [2.45, 2.75) is 18.8 Å². The normalized spacial score (nSPS) is 18.7. The number of H-pyrrole nitrogens is 1. The van der Waals surface area contributed by atoms with Gasteiger partial charge in [-0.1, -0.05) is 41.9 Å². The summed E-state index contributed by atoms with van der Waals surface area (Å²) in [6, 6.07) is 12.3. The second kappa shape index (κ2) is 7.66. The van der Waals surface area contributed by atoms with Crippen molar-refractivity contribution in [1.82, 2.24) is 15.2 Å². The highest BCUT2D eigenvalue weighted by Crippen LogP contribution is 2.26. The fourth-order valence-electron chi connectivity index (χ4n) is 3.18. The predicted octanol–water partition coefficient (Wildman–Crippen LogP) is 3.28. The average Bonchev–Trinajstić information content (AvgIpc) is 3.02. The number of aromatic amines is 1. The molecular weight excluding hydrogens is 310 g/mol. The van der Waals surface area contributed by atoms with Crippen LogP contribution in [0, 0.1) is 0 Å². The second-order valence-electron chi connectivity index (χ2n) is 6.04. The number of carbonyl (C=O) groups excluding carboxylic acids is 1. The molecule has 122 valence electrons. The summed E-state index contributed by atoms with van der Waals surface area (Å²) in [5, 5.41) is 3.50. The molecule has 1 aliphatic rings. The van der Waals surface area contributed by atoms with Crippen LogP contribution in [0.1, 0.15) is 34.8 Å². The minimum absolute atomic E-state index is 0.103. The van der Waals surface area contributed by atoms with E-state index in [0.717, 1.165) is 19.6 Å². The molecule has 3 rings (SSSR count). The maximum absolute atomic E-state index is 12.0. The maximum Gasteiger partial charge on any atom is 0.267 e. The molecule has 1 atom stereocenters. The van der Waals surface area contributed by atoms with E-state index < -0.39 is 0 Å². The summed E-state index contributed by atoms with van der Waals surface area (Å²) < 4.78 is 0. The van der Waals surface area contributed by atoms with Crippen molar-refractivity contribution in [3.05, 3.63) is 58.9 Å². The van der Waals surface area contributed by atoms with Gasteiger partial charge in [0.05, 0.1) is 5.02 Å². The zero-order valence-corrected chi connectivity index (χ0v) is 13.9. The molecule has 2 aromatic rings. The van der Waals surface area contributed by atoms with E-state index in [1.165, 1.54) is 18.4 Å². The van der Waals surface area contributed by atoms with Crippen LogP contribution in [0.4, 0.5) is 0 Å². The van der Waals surface area contributed by atoms with Gasteiger partial charge in [-0.15, -0.1) is 0 Å². The summed E-state index contributed by atoms with van der Waals surface area (Å²) in [6.45, 7) is 3.70. The summed E-state index contributed by atoms with van der Waals surface area (Å²) in [7, 11) is 0. The molecule has 23 heavy (non-hydrogen) atoms. The molecule has 1 saturated heterocycles. The highest BCUT2D eigenvalue weighted by atomic mass is 35.5. The van der Waals surface area contributed by atoms with Gasteiger partial charge >= 0.3 is 0 Å². The molecule has 1 fully saturated rings. The number of likely N-dealkylation sites (tertiary alicyclic amines) is 1. The van der Waals surface area contributed by atoms with Crippen LogP contribution < -0.4 is 5.32 Å². The first-order chi connectivity index (χ1) is 11.2. The Morgan fingerprint density at radius 2 is 2.17 bits per heavy atom. The second-order valence-corrected chi connectivity index (χ2v) is 6.47. The van der Waals surface area contributed by atoms with E-state index in [2.05, 4.69) is 45.5 Å². The standard InChI is InChI=1S/C18H22ClN3O/c19-16-11-17(21-12-16)18(23)20-8-10-22-9-4-7-15(13-22)14-5-2-1-3-6-14/h1-3,5-6,11-12,15,21H,4,7-10,13H2,(H,20,23)/t15-/m1/s1. The highest BCUT2D eigenvalue weighted by molar-refractivity contribution is 6.30. The first kappa shape index (κ1) is 16.1. The van der Waals surface area contributed by atoms with Crippen LogP contribution in [0.3, 0.4) is 0 Å². The van der Waals surface area contributed by atoms with Crippen molar-refractivity contribution < 1.29 is 4.79 Å². The molecule has 2 N–H and O–H groups in total. The lowest BCUT2D eigenvalue weighted by Gasteiger charge is -2.33. The summed E-state index contributed by atoms with van der Waals surface area (Å²) >= 11 is 5.82.